The van der Waals surface area contributed by atoms with Crippen molar-refractivity contribution in [3.63, 3.8) is 0 Å². The maximum absolute atomic E-state index is 16.2. The zero-order valence-electron chi connectivity index (χ0n) is 74.8. The Labute approximate surface area is 794 Å². The van der Waals surface area contributed by atoms with Crippen LogP contribution < -0.4 is 20.1 Å². The lowest BCUT2D eigenvalue weighted by molar-refractivity contribution is -0.155. The number of fused-ring (bicyclic) bond motifs is 2. The molecule has 0 spiro atoms. The summed E-state index contributed by atoms with van der Waals surface area (Å²) < 4.78 is 174. The highest BCUT2D eigenvalue weighted by molar-refractivity contribution is 7.81. The molecule has 2 unspecified atom stereocenters. The highest BCUT2D eigenvalue weighted by atomic mass is 32.1. The number of hydrogen-bond acceptors (Lipinski definition) is 22. The number of esters is 8. The molecule has 32 heteroatoms. The van der Waals surface area contributed by atoms with Crippen molar-refractivity contribution >= 4 is 116 Å². The number of carbonyl (C=O) groups is 8. The van der Waals surface area contributed by atoms with Crippen LogP contribution in [0.25, 0.3) is 56.0 Å². The monoisotopic (exact) mass is 1920 g/mol. The van der Waals surface area contributed by atoms with Crippen LogP contribution in [-0.2, 0) is 98.6 Å². The number of terminal acetylenes is 2. The number of ether oxygens (including phenoxy) is 12. The molecular formula is C104H106F8N2O20S2. The lowest BCUT2D eigenvalue weighted by Crippen LogP contribution is -2.36. The van der Waals surface area contributed by atoms with Crippen LogP contribution in [0.5, 0.6) is 11.5 Å². The van der Waals surface area contributed by atoms with Gasteiger partial charge in [-0.1, -0.05) is 147 Å². The number of thiocarbonyl (C=S) groups is 2. The Morgan fingerprint density at radius 3 is 1.07 bits per heavy atom. The van der Waals surface area contributed by atoms with Gasteiger partial charge in [-0.3, -0.25) is 19.2 Å². The molecule has 8 aromatic rings. The summed E-state index contributed by atoms with van der Waals surface area (Å²) >= 11 is 11.9. The molecule has 720 valence electrons. The van der Waals surface area contributed by atoms with E-state index in [4.69, 9.17) is 84.7 Å². The number of nitrogens with one attached hydrogen (secondary N) is 2. The lowest BCUT2D eigenvalue weighted by Gasteiger charge is -2.26. The summed E-state index contributed by atoms with van der Waals surface area (Å²) in [6.45, 7) is 5.87. The molecule has 2 atom stereocenters. The summed E-state index contributed by atoms with van der Waals surface area (Å²) in [5, 5.41) is 9.96. The van der Waals surface area contributed by atoms with E-state index in [0.717, 1.165) is 32.7 Å². The standard InChI is InChI=1S/C104H106F8N2O20S2/c1-5-93(115)127-51-9-49-125-87-37-15-69(16-38-87)43-53-129-99(119)73-21-25-75(26-22-73)101(121)131-55-45-85(11-7-47-123-57-59-133-97(117)67(3)103(107,108)109)113-95(135)83-35-31-77-63-81(33-29-79(77)65-83)89-41-19-71(61-91(89)105)13-14-72-20-42-90(92(106)62-72)82-34-30-80-66-84(36-32-78(80)64-82)96(136)114-86(12-8-48-124-58-60-134-98(118)68(4)104(110,111)112)46-56-132-102(122)76-27-23-74(24-28-76)100(120)130-54-44-70-17-39-88(40-18-70)126-50-10-52-128-94(116)6-2/h1-2,13-20,29-42,61-66,73-76,85-86H,3-4,7-12,21-28,43-60H2,(H,113,135)(H,114,136)/b14-13+. The van der Waals surface area contributed by atoms with Crippen LogP contribution in [0.15, 0.2) is 182 Å². The number of alkyl halides is 6. The van der Waals surface area contributed by atoms with Crippen LogP contribution in [0.2, 0.25) is 0 Å². The number of rotatable bonds is 50. The second-order valence-electron chi connectivity index (χ2n) is 32.5. The Kier molecular flexibility index (Phi) is 41.3. The fourth-order valence-corrected chi connectivity index (χ4v) is 15.8. The van der Waals surface area contributed by atoms with E-state index in [1.807, 2.05) is 96.8 Å². The van der Waals surface area contributed by atoms with Gasteiger partial charge in [0.1, 0.15) is 57.5 Å². The normalized spacial score (nSPS) is 15.2. The average molecular weight is 1920 g/mol. The summed E-state index contributed by atoms with van der Waals surface area (Å²) in [4.78, 5) is 99.6. The van der Waals surface area contributed by atoms with E-state index >= 15 is 8.78 Å². The quantitative estimate of drug-likeness (QED) is 0.00413. The third-order valence-electron chi connectivity index (χ3n) is 22.9. The van der Waals surface area contributed by atoms with Crippen molar-refractivity contribution in [2.75, 3.05) is 92.5 Å². The molecule has 0 amide bonds. The molecule has 0 aromatic heterocycles. The predicted octanol–water partition coefficient (Wildman–Crippen LogP) is 18.9. The van der Waals surface area contributed by atoms with Gasteiger partial charge in [-0.25, -0.2) is 28.0 Å². The van der Waals surface area contributed by atoms with Crippen LogP contribution in [0.1, 0.15) is 136 Å². The molecule has 0 heterocycles. The molecule has 22 nitrogen and oxygen atoms in total. The minimum Gasteiger partial charge on any atom is -0.493 e. The first-order valence-electron chi connectivity index (χ1n) is 44.7. The van der Waals surface area contributed by atoms with Crippen LogP contribution in [0.3, 0.4) is 0 Å². The van der Waals surface area contributed by atoms with Crippen molar-refractivity contribution < 1.29 is 130 Å². The first-order chi connectivity index (χ1) is 65.4. The Morgan fingerprint density at radius 2 is 0.728 bits per heavy atom. The minimum absolute atomic E-state index is 0.0234. The summed E-state index contributed by atoms with van der Waals surface area (Å²) in [5.74, 6) is -3.67. The van der Waals surface area contributed by atoms with Gasteiger partial charge in [0, 0.05) is 97.9 Å². The van der Waals surface area contributed by atoms with Gasteiger partial charge in [-0.15, -0.1) is 12.8 Å². The zero-order valence-corrected chi connectivity index (χ0v) is 76.5. The number of benzene rings is 8. The highest BCUT2D eigenvalue weighted by Gasteiger charge is 2.40. The third-order valence-corrected chi connectivity index (χ3v) is 23.6. The van der Waals surface area contributed by atoms with Crippen LogP contribution in [0, 0.1) is 60.0 Å². The minimum atomic E-state index is -4.94. The van der Waals surface area contributed by atoms with Gasteiger partial charge in [-0.05, 0) is 193 Å². The molecule has 2 aliphatic rings. The largest absolute Gasteiger partial charge is 0.493 e. The molecule has 0 aliphatic heterocycles. The van der Waals surface area contributed by atoms with Crippen LogP contribution in [-0.4, -0.2) is 175 Å². The van der Waals surface area contributed by atoms with Gasteiger partial charge < -0.3 is 67.5 Å². The molecule has 8 aromatic carbocycles. The van der Waals surface area contributed by atoms with Crippen molar-refractivity contribution in [2.45, 2.75) is 140 Å². The van der Waals surface area contributed by atoms with Crippen molar-refractivity contribution in [3.05, 3.63) is 227 Å². The fourth-order valence-electron chi connectivity index (χ4n) is 15.2. The van der Waals surface area contributed by atoms with Gasteiger partial charge >= 0.3 is 60.1 Å². The Bertz CT molecular complexity index is 5280. The molecule has 136 heavy (non-hydrogen) atoms. The highest BCUT2D eigenvalue weighted by Crippen LogP contribution is 2.36. The van der Waals surface area contributed by atoms with Gasteiger partial charge in [0.15, 0.2) is 0 Å². The third kappa shape index (κ3) is 34.2. The van der Waals surface area contributed by atoms with Crippen LogP contribution in [0.4, 0.5) is 35.1 Å². The van der Waals surface area contributed by atoms with E-state index in [9.17, 15) is 64.7 Å². The lowest BCUT2D eigenvalue weighted by atomic mass is 9.82. The van der Waals surface area contributed by atoms with Crippen molar-refractivity contribution in [1.82, 2.24) is 10.6 Å². The molecule has 0 bridgehead atoms. The second kappa shape index (κ2) is 53.4. The first kappa shape index (κ1) is 105. The van der Waals surface area contributed by atoms with E-state index in [1.165, 1.54) is 12.1 Å². The Hall–Kier alpha value is -12.9. The van der Waals surface area contributed by atoms with Gasteiger partial charge in [0.25, 0.3) is 0 Å². The molecule has 2 fully saturated rings. The first-order valence-corrected chi connectivity index (χ1v) is 45.6. The van der Waals surface area contributed by atoms with E-state index < -0.39 is 96.0 Å². The summed E-state index contributed by atoms with van der Waals surface area (Å²) in [6.07, 6.45) is 11.3. The predicted molar refractivity (Wildman–Crippen MR) is 501 cm³/mol. The maximum atomic E-state index is 16.2. The number of carbonyl (C=O) groups excluding carboxylic acids is 8. The molecule has 0 saturated heterocycles. The maximum Gasteiger partial charge on any atom is 0.422 e. The van der Waals surface area contributed by atoms with Crippen molar-refractivity contribution in [2.24, 2.45) is 23.7 Å². The number of halogens is 8. The zero-order chi connectivity index (χ0) is 97.5. The van der Waals surface area contributed by atoms with Gasteiger partial charge in [-0.2, -0.15) is 26.3 Å². The molecule has 2 N–H and O–H groups in total. The second-order valence-corrected chi connectivity index (χ2v) is 33.4. The van der Waals surface area contributed by atoms with E-state index in [1.54, 1.807) is 72.8 Å². The molecule has 2 saturated carbocycles. The summed E-state index contributed by atoms with van der Waals surface area (Å²) in [5.41, 5.74) is 2.86. The van der Waals surface area contributed by atoms with E-state index in [2.05, 4.69) is 33.3 Å². The molecule has 2 aliphatic carbocycles. The fraction of sp³-hybridized carbons (Fsp3) is 0.385. The topological polar surface area (TPSA) is 271 Å². The summed E-state index contributed by atoms with van der Waals surface area (Å²) in [6, 6.07) is 45.7. The van der Waals surface area contributed by atoms with Gasteiger partial charge in [0.05, 0.1) is 89.7 Å². The molecular weight excluding hydrogens is 1810 g/mol. The smallest absolute Gasteiger partial charge is 0.422 e. The van der Waals surface area contributed by atoms with Crippen molar-refractivity contribution in [1.29, 1.82) is 0 Å². The number of hydrogen-bond donors (Lipinski definition) is 2. The van der Waals surface area contributed by atoms with E-state index in [0.29, 0.717) is 195 Å². The van der Waals surface area contributed by atoms with Crippen molar-refractivity contribution in [3.8, 4) is 58.4 Å². The van der Waals surface area contributed by atoms with Crippen LogP contribution >= 0.6 is 24.4 Å². The average Bonchev–Trinajstić information content (AvgIpc) is 0.770. The molecule has 0 radical (unpaired) electrons. The Balaban J connectivity index is 0.682. The van der Waals surface area contributed by atoms with Gasteiger partial charge in [0.2, 0.25) is 0 Å². The summed E-state index contributed by atoms with van der Waals surface area (Å²) in [7, 11) is 0. The SMILES string of the molecule is C#CC(=O)OCCCOc1ccc(CCOC(=O)C2CCC(C(=O)OCCC(CCCOCCOC(=O)C(=C)C(F)(F)F)NC(=S)c3ccc4cc(-c5ccc(/C=C/c6ccc(-c7ccc8cc(C(=S)NC(CCCOCCOC(=O)C(=C)C(F)(F)F)CCOC(=O)C9CCC(C(=O)OCCc%10ccc(OCCCOC(=O)C#C)cc%10)CC9)ccc8c7)c(F)c6)cc5F)ccc4c3)CC2)cc1. The van der Waals surface area contributed by atoms with E-state index in [-0.39, 0.29) is 102 Å². The Morgan fingerprint density at radius 1 is 0.382 bits per heavy atom. The molecule has 10 rings (SSSR count).